The molecule has 0 bridgehead atoms. The van der Waals surface area contributed by atoms with E-state index in [0.717, 1.165) is 96.8 Å². The van der Waals surface area contributed by atoms with E-state index in [-0.39, 0.29) is 69.2 Å². The molecule has 0 radical (unpaired) electrons. The molecule has 7 N–H and O–H groups in total. The first-order valence-corrected chi connectivity index (χ1v) is 30.3. The van der Waals surface area contributed by atoms with Crippen LogP contribution in [0.1, 0.15) is 103 Å². The molecule has 6 aromatic carbocycles. The quantitative estimate of drug-likeness (QED) is 0.0287. The Morgan fingerprint density at radius 3 is 1.71 bits per heavy atom. The van der Waals surface area contributed by atoms with E-state index in [4.69, 9.17) is 65.1 Å². The lowest BCUT2D eigenvalue weighted by Crippen LogP contribution is -2.61. The maximum absolute atomic E-state index is 13.3. The molecule has 0 saturated heterocycles. The van der Waals surface area contributed by atoms with Gasteiger partial charge in [-0.3, -0.25) is 24.5 Å². The Balaban J connectivity index is 0.000000152. The van der Waals surface area contributed by atoms with Gasteiger partial charge in [0.2, 0.25) is 26.3 Å². The van der Waals surface area contributed by atoms with Gasteiger partial charge in [-0.25, -0.2) is 4.79 Å². The van der Waals surface area contributed by atoms with Crippen molar-refractivity contribution in [1.29, 1.82) is 0 Å². The van der Waals surface area contributed by atoms with Crippen molar-refractivity contribution in [3.63, 3.8) is 0 Å². The summed E-state index contributed by atoms with van der Waals surface area (Å²) in [6.45, 7) is 12.3. The van der Waals surface area contributed by atoms with Gasteiger partial charge in [-0.2, -0.15) is 0 Å². The first-order chi connectivity index (χ1) is 44.0. The fourth-order valence-electron chi connectivity index (χ4n) is 12.1. The molecule has 21 nitrogen and oxygen atoms in total. The number of hydrogen-bond acceptors (Lipinski definition) is 17. The summed E-state index contributed by atoms with van der Waals surface area (Å²) in [5, 5.41) is 13.8. The number of aliphatic hydroxyl groups excluding tert-OH is 1. The number of para-hydroxylation sites is 3. The number of nitrogens with two attached hydrogens (primary N) is 1. The van der Waals surface area contributed by atoms with Crippen LogP contribution in [-0.4, -0.2) is 125 Å². The van der Waals surface area contributed by atoms with Crippen LogP contribution in [0, 0.1) is 0 Å². The molecule has 92 heavy (non-hydrogen) atoms. The Morgan fingerprint density at radius 1 is 0.641 bits per heavy atom. The molecule has 5 aliphatic heterocycles. The Hall–Kier alpha value is -9.25. The molecule has 8 heterocycles. The van der Waals surface area contributed by atoms with Crippen molar-refractivity contribution in [3.05, 3.63) is 178 Å². The average Bonchev–Trinajstić information content (AvgIpc) is 1.40. The summed E-state index contributed by atoms with van der Waals surface area (Å²) in [6.07, 6.45) is 4.01. The summed E-state index contributed by atoms with van der Waals surface area (Å²) in [4.78, 5) is 73.2. The third-order valence-electron chi connectivity index (χ3n) is 16.3. The van der Waals surface area contributed by atoms with Gasteiger partial charge in [-0.05, 0) is 130 Å². The largest absolute Gasteiger partial charge is 0.465 e. The van der Waals surface area contributed by atoms with Gasteiger partial charge in [0.15, 0.2) is 34.5 Å². The fraction of sp³-hybridized carbons (Fsp3) is 0.319. The molecule has 9 aromatic rings. The molecular weight excluding hydrogens is 1220 g/mol. The van der Waals surface area contributed by atoms with Crippen LogP contribution < -0.4 is 39.5 Å². The number of halogens is 2. The highest BCUT2D eigenvalue weighted by atomic mass is 35.5. The van der Waals surface area contributed by atoms with Gasteiger partial charge < -0.3 is 73.3 Å². The van der Waals surface area contributed by atoms with E-state index < -0.39 is 28.6 Å². The Labute approximate surface area is 542 Å². The molecule has 484 valence electrons. The molecule has 1 amide bonds. The van der Waals surface area contributed by atoms with Gasteiger partial charge in [-0.15, -0.1) is 24.0 Å². The fourth-order valence-corrected chi connectivity index (χ4v) is 12.2. The van der Waals surface area contributed by atoms with Crippen LogP contribution in [0.4, 0.5) is 0 Å². The number of H-pyrrole nitrogens is 3. The van der Waals surface area contributed by atoms with Crippen LogP contribution in [0.2, 0.25) is 0 Å². The second-order valence-electron chi connectivity index (χ2n) is 22.5. The standard InChI is InChI=1S/C24H23ClN2O5.C22H22N2O4.C14H18N2O2.C8H6O3.CH4O.ClH/c1-3-30-23(29)24(2)11-16-15-6-4-5-7-17(15)26-21(16)22(27(24)20(28)12-25)14-8-9-18-19(10-14)32-13-31-18;1-3-26-21(25)22(2)11-15-14-6-4-5-7-16(14)23-20(15)19(24-22)13-8-9-17-18(10-13)28-12-27-17;1-3-18-13(17)14(2,15)8-10-9-16-12-7-5-4-6-11(10)12;9-4-6-1-2-7-8(3-6)11-5-10-7;1-2;/h4-10,22,26H,3,11-13H2,1-2H3;4-10,19,23-24H,3,11-12H2,1-2H3;4-7,9,16H,3,8,15H2,1-2H3;1-4H,5H2;2H,1H3;1H/t22-,24+;19-,22+;14-;;;/m001.../s1. The smallest absolute Gasteiger partial charge is 0.332 e. The topological polar surface area (TPSA) is 277 Å². The van der Waals surface area contributed by atoms with E-state index in [9.17, 15) is 24.0 Å². The lowest BCUT2D eigenvalue weighted by molar-refractivity contribution is -0.165. The summed E-state index contributed by atoms with van der Waals surface area (Å²) >= 11 is 6.05. The highest BCUT2D eigenvalue weighted by molar-refractivity contribution is 6.27. The maximum atomic E-state index is 13.3. The van der Waals surface area contributed by atoms with E-state index >= 15 is 0 Å². The Morgan fingerprint density at radius 2 is 1.13 bits per heavy atom. The third-order valence-corrected chi connectivity index (χ3v) is 16.6. The molecule has 23 heteroatoms. The van der Waals surface area contributed by atoms with Crippen LogP contribution in [0.25, 0.3) is 32.7 Å². The summed E-state index contributed by atoms with van der Waals surface area (Å²) in [7, 11) is 1.00. The minimum absolute atomic E-state index is 0. The molecule has 0 saturated carbocycles. The monoisotopic (exact) mass is 1300 g/mol. The minimum atomic E-state index is -1.24. The number of nitrogens with zero attached hydrogens (tertiary/aromatic N) is 1. The number of fused-ring (bicyclic) bond motifs is 10. The van der Waals surface area contributed by atoms with Crippen LogP contribution in [-0.2, 0) is 52.7 Å². The number of aromatic amines is 3. The van der Waals surface area contributed by atoms with E-state index in [1.54, 1.807) is 50.8 Å². The maximum Gasteiger partial charge on any atom is 0.332 e. The van der Waals surface area contributed by atoms with Crippen molar-refractivity contribution in [1.82, 2.24) is 25.2 Å². The van der Waals surface area contributed by atoms with Gasteiger partial charge in [0.05, 0.1) is 31.9 Å². The lowest BCUT2D eigenvalue weighted by Gasteiger charge is -2.47. The number of benzene rings is 6. The van der Waals surface area contributed by atoms with E-state index in [0.29, 0.717) is 61.0 Å². The van der Waals surface area contributed by atoms with Crippen molar-refractivity contribution in [2.24, 2.45) is 5.73 Å². The van der Waals surface area contributed by atoms with Crippen LogP contribution in [0.5, 0.6) is 34.5 Å². The summed E-state index contributed by atoms with van der Waals surface area (Å²) < 4.78 is 48.0. The van der Waals surface area contributed by atoms with E-state index in [1.807, 2.05) is 117 Å². The van der Waals surface area contributed by atoms with Gasteiger partial charge in [-0.1, -0.05) is 66.7 Å². The molecule has 0 unspecified atom stereocenters. The molecule has 14 rings (SSSR count). The zero-order valence-electron chi connectivity index (χ0n) is 52.0. The van der Waals surface area contributed by atoms with Gasteiger partial charge in [0.1, 0.15) is 28.8 Å². The first-order valence-electron chi connectivity index (χ1n) is 29.8. The Bertz CT molecular complexity index is 4150. The highest BCUT2D eigenvalue weighted by Crippen LogP contribution is 2.48. The number of amides is 1. The van der Waals surface area contributed by atoms with Crippen LogP contribution >= 0.6 is 24.0 Å². The first kappa shape index (κ1) is 67.2. The van der Waals surface area contributed by atoms with Crippen LogP contribution in [0.15, 0.2) is 134 Å². The predicted octanol–water partition coefficient (Wildman–Crippen LogP) is 10.6. The molecular formula is C69H74Cl2N6O15. The zero-order chi connectivity index (χ0) is 64.6. The number of esters is 3. The average molecular weight is 1300 g/mol. The number of carbonyl (C=O) groups is 5. The van der Waals surface area contributed by atoms with E-state index in [2.05, 4.69) is 32.4 Å². The lowest BCUT2D eigenvalue weighted by atomic mass is 9.80. The molecule has 0 aliphatic carbocycles. The number of hydrogen-bond donors (Lipinski definition) is 6. The third kappa shape index (κ3) is 13.5. The van der Waals surface area contributed by atoms with Crippen molar-refractivity contribution in [2.45, 2.75) is 89.5 Å². The molecule has 5 atom stereocenters. The normalized spacial score (nSPS) is 18.9. The SMILES string of the molecule is CCOC(=O)[C@@]1(C)Cc2c([nH]c3ccccc23)[C@H](c2ccc3c(c2)OCO3)N1.CCOC(=O)[C@@]1(C)Cc2c([nH]c3ccccc23)[C@H](c2ccc3c(c2)OCO3)N1C(=O)CCl.CCOC(=O)[C@](C)(N)Cc1c[nH]c2ccccc12.CO.Cl.O=Cc1ccc2c(c1)OCO2. The van der Waals surface area contributed by atoms with Crippen molar-refractivity contribution < 1.29 is 71.7 Å². The number of ether oxygens (including phenoxy) is 9. The van der Waals surface area contributed by atoms with Crippen molar-refractivity contribution in [3.8, 4) is 34.5 Å². The minimum Gasteiger partial charge on any atom is -0.465 e. The highest BCUT2D eigenvalue weighted by Gasteiger charge is 2.53. The summed E-state index contributed by atoms with van der Waals surface area (Å²) in [5.41, 5.74) is 13.5. The second kappa shape index (κ2) is 28.9. The van der Waals surface area contributed by atoms with Gasteiger partial charge in [0, 0.05) is 82.2 Å². The second-order valence-corrected chi connectivity index (χ2v) is 22.8. The van der Waals surface area contributed by atoms with E-state index in [1.165, 1.54) is 0 Å². The molecule has 0 fully saturated rings. The number of alkyl halides is 1. The molecule has 3 aromatic heterocycles. The zero-order valence-corrected chi connectivity index (χ0v) is 53.6. The van der Waals surface area contributed by atoms with Crippen LogP contribution in [0.3, 0.4) is 0 Å². The number of aliphatic hydroxyl groups is 1. The number of carbonyl (C=O) groups excluding carboxylic acids is 5. The molecule has 5 aliphatic rings. The number of rotatable bonds is 12. The molecule has 0 spiro atoms. The van der Waals surface area contributed by atoms with Gasteiger partial charge >= 0.3 is 17.9 Å². The number of nitrogens with one attached hydrogen (secondary N) is 4. The van der Waals surface area contributed by atoms with Gasteiger partial charge in [0.25, 0.3) is 0 Å². The predicted molar refractivity (Wildman–Crippen MR) is 348 cm³/mol. The summed E-state index contributed by atoms with van der Waals surface area (Å²) in [6, 6.07) is 39.8. The summed E-state index contributed by atoms with van der Waals surface area (Å²) in [5.74, 6) is 2.38. The Kier molecular flexibility index (Phi) is 21.1. The van der Waals surface area contributed by atoms with Crippen molar-refractivity contribution >= 4 is 86.8 Å². The number of aromatic nitrogens is 3. The van der Waals surface area contributed by atoms with Crippen molar-refractivity contribution in [2.75, 3.05) is 53.2 Å². The number of aldehydes is 1.